The molecule has 2 aliphatic rings. The van der Waals surface area contributed by atoms with Gasteiger partial charge >= 0.3 is 12.7 Å². The molecule has 36 heavy (non-hydrogen) atoms. The lowest BCUT2D eigenvalue weighted by Gasteiger charge is -2.32. The zero-order chi connectivity index (χ0) is 25.2. The molecule has 186 valence electrons. The first-order valence-corrected chi connectivity index (χ1v) is 10.7. The van der Waals surface area contributed by atoms with Crippen molar-refractivity contribution in [1.82, 2.24) is 0 Å². The molecule has 2 atom stereocenters. The molecule has 3 aromatic carbocycles. The van der Waals surface area contributed by atoms with E-state index in [0.717, 1.165) is 0 Å². The standard InChI is InChI=1S/C25H19F2NO8/c1-31-16-7-8-17-19(11-16)35-22(13-2-9-18-20(10-13)33-12-32-18)23(21(17)29)36-25(30)28-14-3-5-15(6-4-14)34-24(26)27/h2-11,22-24H,12H2,1H3,(H,28,30)/t22-,23+/m0/s1. The molecule has 3 aromatic rings. The Morgan fingerprint density at radius 3 is 2.47 bits per heavy atom. The van der Waals surface area contributed by atoms with Gasteiger partial charge in [-0.1, -0.05) is 6.07 Å². The van der Waals surface area contributed by atoms with Crippen LogP contribution >= 0.6 is 0 Å². The largest absolute Gasteiger partial charge is 0.497 e. The highest BCUT2D eigenvalue weighted by molar-refractivity contribution is 6.04. The zero-order valence-electron chi connectivity index (χ0n) is 18.7. The van der Waals surface area contributed by atoms with Crippen LogP contribution in [0.5, 0.6) is 28.7 Å². The van der Waals surface area contributed by atoms with Crippen LogP contribution in [0.2, 0.25) is 0 Å². The minimum atomic E-state index is -2.97. The molecular formula is C25H19F2NO8. The average molecular weight is 499 g/mol. The van der Waals surface area contributed by atoms with Gasteiger partial charge in [0.05, 0.1) is 12.7 Å². The Morgan fingerprint density at radius 2 is 1.72 bits per heavy atom. The lowest BCUT2D eigenvalue weighted by Crippen LogP contribution is -2.40. The van der Waals surface area contributed by atoms with Crippen LogP contribution in [-0.2, 0) is 4.74 Å². The number of nitrogens with one attached hydrogen (secondary N) is 1. The number of ketones is 1. The van der Waals surface area contributed by atoms with Crippen LogP contribution in [0.1, 0.15) is 22.0 Å². The van der Waals surface area contributed by atoms with Crippen molar-refractivity contribution in [2.24, 2.45) is 0 Å². The molecule has 1 amide bonds. The lowest BCUT2D eigenvalue weighted by atomic mass is 9.93. The number of fused-ring (bicyclic) bond motifs is 2. The molecule has 0 aromatic heterocycles. The van der Waals surface area contributed by atoms with E-state index in [-0.39, 0.29) is 29.5 Å². The van der Waals surface area contributed by atoms with Gasteiger partial charge in [0.25, 0.3) is 0 Å². The maximum atomic E-state index is 13.4. The molecule has 1 N–H and O–H groups in total. The Kier molecular flexibility index (Phi) is 6.19. The van der Waals surface area contributed by atoms with Crippen molar-refractivity contribution >= 4 is 17.6 Å². The summed E-state index contributed by atoms with van der Waals surface area (Å²) in [6, 6.07) is 15.0. The van der Waals surface area contributed by atoms with E-state index in [1.807, 2.05) is 0 Å². The summed E-state index contributed by atoms with van der Waals surface area (Å²) in [7, 11) is 1.49. The predicted octanol–water partition coefficient (Wildman–Crippen LogP) is 4.96. The van der Waals surface area contributed by atoms with Crippen LogP contribution in [0.4, 0.5) is 19.3 Å². The highest BCUT2D eigenvalue weighted by atomic mass is 19.3. The summed E-state index contributed by atoms with van der Waals surface area (Å²) in [6.07, 6.45) is -3.28. The molecule has 2 heterocycles. The van der Waals surface area contributed by atoms with Gasteiger partial charge in [0, 0.05) is 17.3 Å². The summed E-state index contributed by atoms with van der Waals surface area (Å²) in [6.45, 7) is -2.91. The van der Waals surface area contributed by atoms with E-state index < -0.39 is 30.7 Å². The summed E-state index contributed by atoms with van der Waals surface area (Å²) < 4.78 is 56.6. The molecule has 0 fully saturated rings. The number of hydrogen-bond donors (Lipinski definition) is 1. The van der Waals surface area contributed by atoms with E-state index in [1.54, 1.807) is 30.3 Å². The molecule has 0 unspecified atom stereocenters. The van der Waals surface area contributed by atoms with Gasteiger partial charge < -0.3 is 28.4 Å². The number of carbonyl (C=O) groups excluding carboxylic acids is 2. The summed E-state index contributed by atoms with van der Waals surface area (Å²) in [5.41, 5.74) is 0.988. The second-order valence-corrected chi connectivity index (χ2v) is 7.73. The molecule has 0 spiro atoms. The van der Waals surface area contributed by atoms with Gasteiger partial charge in [-0.05, 0) is 48.5 Å². The van der Waals surface area contributed by atoms with Gasteiger partial charge in [-0.25, -0.2) is 4.79 Å². The first-order chi connectivity index (χ1) is 17.4. The minimum absolute atomic E-state index is 0.0623. The molecule has 0 bridgehead atoms. The molecule has 0 saturated heterocycles. The van der Waals surface area contributed by atoms with E-state index in [1.165, 1.54) is 37.4 Å². The Balaban J connectivity index is 1.40. The predicted molar refractivity (Wildman–Crippen MR) is 120 cm³/mol. The first-order valence-electron chi connectivity index (χ1n) is 10.7. The van der Waals surface area contributed by atoms with Gasteiger partial charge in [0.1, 0.15) is 17.2 Å². The first kappa shape index (κ1) is 23.2. The van der Waals surface area contributed by atoms with Crippen LogP contribution in [0.3, 0.4) is 0 Å². The number of ether oxygens (including phenoxy) is 6. The number of anilines is 1. The Morgan fingerprint density at radius 1 is 0.972 bits per heavy atom. The van der Waals surface area contributed by atoms with Gasteiger partial charge in [-0.15, -0.1) is 0 Å². The highest BCUT2D eigenvalue weighted by Gasteiger charge is 2.42. The quantitative estimate of drug-likeness (QED) is 0.508. The van der Waals surface area contributed by atoms with Crippen LogP contribution in [-0.4, -0.2) is 38.5 Å². The zero-order valence-corrected chi connectivity index (χ0v) is 18.7. The van der Waals surface area contributed by atoms with Gasteiger partial charge in [-0.3, -0.25) is 10.1 Å². The van der Waals surface area contributed by atoms with Gasteiger partial charge in [0.15, 0.2) is 17.6 Å². The van der Waals surface area contributed by atoms with Crippen molar-refractivity contribution < 1.29 is 46.8 Å². The molecule has 5 rings (SSSR count). The topological polar surface area (TPSA) is 102 Å². The van der Waals surface area contributed by atoms with E-state index >= 15 is 0 Å². The van der Waals surface area contributed by atoms with E-state index in [9.17, 15) is 18.4 Å². The number of carbonyl (C=O) groups is 2. The third-order valence-electron chi connectivity index (χ3n) is 5.53. The molecule has 0 aliphatic carbocycles. The monoisotopic (exact) mass is 499 g/mol. The third kappa shape index (κ3) is 4.67. The molecule has 9 nitrogen and oxygen atoms in total. The van der Waals surface area contributed by atoms with Gasteiger partial charge in [-0.2, -0.15) is 8.78 Å². The molecule has 11 heteroatoms. The number of rotatable bonds is 6. The maximum Gasteiger partial charge on any atom is 0.412 e. The van der Waals surface area contributed by atoms with Crippen molar-refractivity contribution in [3.8, 4) is 28.7 Å². The van der Waals surface area contributed by atoms with E-state index in [2.05, 4.69) is 10.1 Å². The summed E-state index contributed by atoms with van der Waals surface area (Å²) in [4.78, 5) is 26.1. The number of Topliss-reactive ketones (excluding diaryl/α,β-unsaturated/α-hetero) is 1. The maximum absolute atomic E-state index is 13.4. The Hall–Kier alpha value is -4.54. The Labute approximate surface area is 203 Å². The number of methoxy groups -OCH3 is 1. The molecular weight excluding hydrogens is 480 g/mol. The van der Waals surface area contributed by atoms with Crippen molar-refractivity contribution in [1.29, 1.82) is 0 Å². The SMILES string of the molecule is COc1ccc2c(c1)O[C@@H](c1ccc3c(c1)OCO3)[C@H](OC(=O)Nc1ccc(OC(F)F)cc1)C2=O. The summed E-state index contributed by atoms with van der Waals surface area (Å²) in [5.74, 6) is 1.22. The fourth-order valence-electron chi connectivity index (χ4n) is 3.85. The smallest absolute Gasteiger partial charge is 0.412 e. The third-order valence-corrected chi connectivity index (χ3v) is 5.53. The lowest BCUT2D eigenvalue weighted by molar-refractivity contribution is -0.0498. The van der Waals surface area contributed by atoms with E-state index in [0.29, 0.717) is 22.8 Å². The van der Waals surface area contributed by atoms with Crippen LogP contribution in [0, 0.1) is 0 Å². The number of alkyl halides is 2. The van der Waals surface area contributed by atoms with Crippen LogP contribution < -0.4 is 29.0 Å². The fraction of sp³-hybridized carbons (Fsp3) is 0.200. The summed E-state index contributed by atoms with van der Waals surface area (Å²) in [5, 5.41) is 2.47. The second-order valence-electron chi connectivity index (χ2n) is 7.73. The number of halogens is 2. The normalized spacial score (nSPS) is 17.7. The highest BCUT2D eigenvalue weighted by Crippen LogP contribution is 2.41. The van der Waals surface area contributed by atoms with Crippen LogP contribution in [0.15, 0.2) is 60.7 Å². The Bertz CT molecular complexity index is 1300. The van der Waals surface area contributed by atoms with Crippen molar-refractivity contribution in [3.63, 3.8) is 0 Å². The van der Waals surface area contributed by atoms with Gasteiger partial charge in [0.2, 0.25) is 18.7 Å². The van der Waals surface area contributed by atoms with E-state index in [4.69, 9.17) is 23.7 Å². The number of hydrogen-bond acceptors (Lipinski definition) is 8. The number of benzene rings is 3. The van der Waals surface area contributed by atoms with Crippen LogP contribution in [0.25, 0.3) is 0 Å². The molecule has 0 saturated carbocycles. The fourth-order valence-corrected chi connectivity index (χ4v) is 3.85. The summed E-state index contributed by atoms with van der Waals surface area (Å²) >= 11 is 0. The average Bonchev–Trinajstić information content (AvgIpc) is 3.34. The van der Waals surface area contributed by atoms with Crippen molar-refractivity contribution in [2.75, 3.05) is 19.2 Å². The second kappa shape index (κ2) is 9.61. The van der Waals surface area contributed by atoms with Crippen molar-refractivity contribution in [2.45, 2.75) is 18.8 Å². The van der Waals surface area contributed by atoms with Crippen molar-refractivity contribution in [3.05, 3.63) is 71.8 Å². The number of amides is 1. The minimum Gasteiger partial charge on any atom is -0.497 e. The molecule has 2 aliphatic heterocycles. The molecule has 0 radical (unpaired) electrons.